The molecule has 37 heavy (non-hydrogen) atoms. The van der Waals surface area contributed by atoms with Crippen LogP contribution in [0.2, 0.25) is 0 Å². The van der Waals surface area contributed by atoms with Crippen molar-refractivity contribution < 1.29 is 39.9 Å². The van der Waals surface area contributed by atoms with Gasteiger partial charge in [0.2, 0.25) is 11.7 Å². The minimum absolute atomic E-state index is 0.0239. The number of hydrogen-bond donors (Lipinski definition) is 6. The number of aliphatic hydroxyl groups is 4. The number of phenolic OH excluding ortho intramolecular Hbond substituents is 1. The first-order valence-electron chi connectivity index (χ1n) is 12.6. The lowest BCUT2D eigenvalue weighted by Gasteiger charge is -2.55. The molecule has 1 saturated heterocycles. The Balaban J connectivity index is 1.67. The van der Waals surface area contributed by atoms with Crippen LogP contribution in [0.4, 0.5) is 5.69 Å². The average Bonchev–Trinajstić information content (AvgIpc) is 2.84. The van der Waals surface area contributed by atoms with Gasteiger partial charge in [-0.05, 0) is 51.4 Å². The summed E-state index contributed by atoms with van der Waals surface area (Å²) in [6.07, 6.45) is -0.185. The molecule has 1 aromatic carbocycles. The summed E-state index contributed by atoms with van der Waals surface area (Å²) in [6, 6.07) is 2.32. The van der Waals surface area contributed by atoms with Crippen molar-refractivity contribution in [3.05, 3.63) is 28.8 Å². The van der Waals surface area contributed by atoms with E-state index in [1.807, 2.05) is 4.90 Å². The summed E-state index contributed by atoms with van der Waals surface area (Å²) in [7, 11) is 3.05. The van der Waals surface area contributed by atoms with Crippen LogP contribution in [-0.4, -0.2) is 98.9 Å². The molecule has 4 aliphatic rings. The Labute approximate surface area is 213 Å². The Hall–Kier alpha value is -2.99. The molecule has 1 amide bonds. The number of phenols is 1. The number of amides is 1. The van der Waals surface area contributed by atoms with Crippen molar-refractivity contribution in [1.29, 1.82) is 0 Å². The highest BCUT2D eigenvalue weighted by atomic mass is 16.3. The molecule has 0 bridgehead atoms. The van der Waals surface area contributed by atoms with E-state index in [1.165, 1.54) is 19.0 Å². The summed E-state index contributed by atoms with van der Waals surface area (Å²) in [5, 5.41) is 56.6. The standard InChI is InChI=1S/C26H33N3O8/c1-28(2)18-17-19(30)12-10-11-6-7-13(29-8-4-3-5-9-29)20(31)14(11)21(32)15(12)23(34)26(17,37)24(35)16(22(18)33)25(27)36/h6-7,12,16-19,22,30-33,37H,3-5,8-10H2,1-2H3,(H2,27,36)/t12-,16?,17-,18+,19+,22?,26+/m0/s1. The van der Waals surface area contributed by atoms with Crippen LogP contribution in [0.1, 0.15) is 30.4 Å². The van der Waals surface area contributed by atoms with Crippen LogP contribution in [0, 0.1) is 17.8 Å². The molecule has 3 fully saturated rings. The third kappa shape index (κ3) is 3.44. The Morgan fingerprint density at radius 3 is 2.32 bits per heavy atom. The fourth-order valence-corrected chi connectivity index (χ4v) is 6.97. The van der Waals surface area contributed by atoms with Crippen LogP contribution >= 0.6 is 0 Å². The van der Waals surface area contributed by atoms with Gasteiger partial charge in [-0.1, -0.05) is 6.07 Å². The molecule has 1 aliphatic heterocycles. The Morgan fingerprint density at radius 2 is 1.73 bits per heavy atom. The number of rotatable bonds is 3. The second-order valence-corrected chi connectivity index (χ2v) is 10.9. The maximum Gasteiger partial charge on any atom is 0.230 e. The molecule has 1 heterocycles. The highest BCUT2D eigenvalue weighted by Gasteiger charge is 2.70. The lowest BCUT2D eigenvalue weighted by Crippen LogP contribution is -2.76. The highest BCUT2D eigenvalue weighted by Crippen LogP contribution is 2.53. The number of hydrogen-bond acceptors (Lipinski definition) is 10. The molecule has 3 aliphatic carbocycles. The molecule has 5 rings (SSSR count). The van der Waals surface area contributed by atoms with Crippen molar-refractivity contribution in [2.45, 2.75) is 49.5 Å². The topological polar surface area (TPSA) is 185 Å². The molecule has 200 valence electrons. The number of primary amides is 1. The number of likely N-dealkylation sites (N-methyl/N-ethyl adjacent to an activating group) is 1. The lowest BCUT2D eigenvalue weighted by atomic mass is 9.53. The van der Waals surface area contributed by atoms with E-state index in [0.717, 1.165) is 32.4 Å². The number of nitrogens with two attached hydrogens (primary N) is 1. The first kappa shape index (κ1) is 25.7. The Kier molecular flexibility index (Phi) is 6.10. The fourth-order valence-electron chi connectivity index (χ4n) is 6.97. The quantitative estimate of drug-likeness (QED) is 0.275. The first-order valence-corrected chi connectivity index (χ1v) is 12.6. The van der Waals surface area contributed by atoms with Gasteiger partial charge in [0.05, 0.1) is 23.5 Å². The molecule has 2 unspecified atom stereocenters. The van der Waals surface area contributed by atoms with E-state index in [4.69, 9.17) is 5.73 Å². The molecular weight excluding hydrogens is 482 g/mol. The summed E-state index contributed by atoms with van der Waals surface area (Å²) in [4.78, 5) is 42.8. The van der Waals surface area contributed by atoms with E-state index in [1.54, 1.807) is 12.1 Å². The summed E-state index contributed by atoms with van der Waals surface area (Å²) in [5.74, 6) is -8.91. The number of aromatic hydroxyl groups is 1. The third-order valence-corrected chi connectivity index (χ3v) is 8.72. The fraction of sp³-hybridized carbons (Fsp3) is 0.577. The number of aliphatic hydroxyl groups excluding tert-OH is 3. The molecule has 7 N–H and O–H groups in total. The van der Waals surface area contributed by atoms with Crippen LogP contribution < -0.4 is 10.6 Å². The molecular formula is C26H33N3O8. The molecule has 2 saturated carbocycles. The number of piperidine rings is 1. The van der Waals surface area contributed by atoms with Crippen molar-refractivity contribution >= 4 is 28.9 Å². The predicted molar refractivity (Wildman–Crippen MR) is 132 cm³/mol. The second-order valence-electron chi connectivity index (χ2n) is 10.9. The van der Waals surface area contributed by atoms with Crippen molar-refractivity contribution in [3.63, 3.8) is 0 Å². The summed E-state index contributed by atoms with van der Waals surface area (Å²) >= 11 is 0. The van der Waals surface area contributed by atoms with Gasteiger partial charge in [0.15, 0.2) is 11.4 Å². The maximum absolute atomic E-state index is 13.9. The number of carbonyl (C=O) groups is 3. The van der Waals surface area contributed by atoms with E-state index in [-0.39, 0.29) is 23.3 Å². The number of nitrogens with zero attached hydrogens (tertiary/aromatic N) is 2. The molecule has 0 spiro atoms. The average molecular weight is 516 g/mol. The zero-order valence-corrected chi connectivity index (χ0v) is 20.8. The number of fused-ring (bicyclic) bond motifs is 3. The predicted octanol–water partition coefficient (Wildman–Crippen LogP) is -0.910. The van der Waals surface area contributed by atoms with Crippen molar-refractivity contribution in [2.24, 2.45) is 23.5 Å². The molecule has 7 atom stereocenters. The van der Waals surface area contributed by atoms with Crippen LogP contribution in [-0.2, 0) is 20.8 Å². The molecule has 1 aromatic rings. The van der Waals surface area contributed by atoms with Gasteiger partial charge in [-0.25, -0.2) is 0 Å². The van der Waals surface area contributed by atoms with Gasteiger partial charge in [-0.15, -0.1) is 0 Å². The number of anilines is 1. The number of benzene rings is 1. The van der Waals surface area contributed by atoms with E-state index in [2.05, 4.69) is 0 Å². The molecule has 0 radical (unpaired) electrons. The Bertz CT molecular complexity index is 1210. The number of carbonyl (C=O) groups excluding carboxylic acids is 3. The zero-order valence-electron chi connectivity index (χ0n) is 20.8. The molecule has 11 heteroatoms. The number of Topliss-reactive ketones (excluding diaryl/α,β-unsaturated/α-hetero) is 2. The third-order valence-electron chi connectivity index (χ3n) is 8.72. The second kappa shape index (κ2) is 8.80. The van der Waals surface area contributed by atoms with Gasteiger partial charge in [0.1, 0.15) is 17.4 Å². The lowest BCUT2D eigenvalue weighted by molar-refractivity contribution is -0.198. The SMILES string of the molecule is CN(C)[C@H]1C(O)C(C(N)=O)C(=O)[C@]2(O)C(=O)C3=C(O)c4c(ccc(N5CCCCC5)c4O)C[C@@H]3[C@@H](O)[C@H]12. The highest BCUT2D eigenvalue weighted by molar-refractivity contribution is 6.25. The van der Waals surface area contributed by atoms with Crippen molar-refractivity contribution in [2.75, 3.05) is 32.1 Å². The zero-order chi connectivity index (χ0) is 27.0. The summed E-state index contributed by atoms with van der Waals surface area (Å²) < 4.78 is 0. The minimum Gasteiger partial charge on any atom is -0.507 e. The monoisotopic (exact) mass is 515 g/mol. The minimum atomic E-state index is -2.91. The molecule has 11 nitrogen and oxygen atoms in total. The number of ketones is 2. The van der Waals surface area contributed by atoms with Crippen LogP contribution in [0.3, 0.4) is 0 Å². The van der Waals surface area contributed by atoms with Gasteiger partial charge in [0, 0.05) is 36.5 Å². The van der Waals surface area contributed by atoms with Gasteiger partial charge < -0.3 is 41.1 Å². The van der Waals surface area contributed by atoms with Crippen LogP contribution in [0.25, 0.3) is 5.76 Å². The van der Waals surface area contributed by atoms with Crippen LogP contribution in [0.5, 0.6) is 5.75 Å². The van der Waals surface area contributed by atoms with Crippen LogP contribution in [0.15, 0.2) is 17.7 Å². The van der Waals surface area contributed by atoms with E-state index >= 15 is 0 Å². The normalized spacial score (nSPS) is 35.8. The van der Waals surface area contributed by atoms with E-state index in [9.17, 15) is 39.9 Å². The molecule has 0 aromatic heterocycles. The maximum atomic E-state index is 13.9. The largest absolute Gasteiger partial charge is 0.507 e. The van der Waals surface area contributed by atoms with E-state index in [0.29, 0.717) is 11.3 Å². The van der Waals surface area contributed by atoms with Gasteiger partial charge in [-0.2, -0.15) is 0 Å². The van der Waals surface area contributed by atoms with E-state index < -0.39 is 64.8 Å². The van der Waals surface area contributed by atoms with Gasteiger partial charge in [0.25, 0.3) is 0 Å². The van der Waals surface area contributed by atoms with Crippen molar-refractivity contribution in [1.82, 2.24) is 4.90 Å². The van der Waals surface area contributed by atoms with Gasteiger partial charge in [-0.3, -0.25) is 14.4 Å². The van der Waals surface area contributed by atoms with Crippen molar-refractivity contribution in [3.8, 4) is 5.75 Å². The smallest absolute Gasteiger partial charge is 0.230 e. The summed E-state index contributed by atoms with van der Waals surface area (Å²) in [6.45, 7) is 1.45. The summed E-state index contributed by atoms with van der Waals surface area (Å²) in [5.41, 5.74) is 3.11. The van der Waals surface area contributed by atoms with Gasteiger partial charge >= 0.3 is 0 Å². The first-order chi connectivity index (χ1) is 17.4. The Morgan fingerprint density at radius 1 is 1.08 bits per heavy atom.